The van der Waals surface area contributed by atoms with Gasteiger partial charge >= 0.3 is 6.18 Å². The standard InChI is InChI=1S/C20H19F3N4O3/c1-12(2)10-27-19(29)15-6-4-3-5-14(15)17(26-27)18(28)25-13-7-8-16(24-9-13)30-11-20(21,22)23/h3-9,12H,10-11H2,1-2H3,(H,25,28). The number of nitrogens with one attached hydrogen (secondary N) is 1. The van der Waals surface area contributed by atoms with E-state index in [9.17, 15) is 22.8 Å². The molecule has 3 rings (SSSR count). The molecule has 0 aliphatic heterocycles. The number of anilines is 1. The molecule has 0 saturated carbocycles. The summed E-state index contributed by atoms with van der Waals surface area (Å²) >= 11 is 0. The summed E-state index contributed by atoms with van der Waals surface area (Å²) in [5, 5.41) is 7.59. The van der Waals surface area contributed by atoms with Crippen LogP contribution in [0.25, 0.3) is 10.8 Å². The molecule has 0 spiro atoms. The van der Waals surface area contributed by atoms with Crippen molar-refractivity contribution >= 4 is 22.4 Å². The fraction of sp³-hybridized carbons (Fsp3) is 0.300. The van der Waals surface area contributed by atoms with Gasteiger partial charge in [0, 0.05) is 18.0 Å². The maximum absolute atomic E-state index is 12.8. The van der Waals surface area contributed by atoms with Crippen LogP contribution in [0.2, 0.25) is 0 Å². The third-order valence-electron chi connectivity index (χ3n) is 4.00. The number of halogens is 3. The molecule has 0 aliphatic carbocycles. The van der Waals surface area contributed by atoms with Gasteiger partial charge in [0.2, 0.25) is 5.88 Å². The molecule has 158 valence electrons. The van der Waals surface area contributed by atoms with Crippen molar-refractivity contribution < 1.29 is 22.7 Å². The summed E-state index contributed by atoms with van der Waals surface area (Å²) in [4.78, 5) is 29.2. The molecule has 0 atom stereocenters. The van der Waals surface area contributed by atoms with E-state index in [4.69, 9.17) is 0 Å². The van der Waals surface area contributed by atoms with Crippen molar-refractivity contribution in [2.24, 2.45) is 5.92 Å². The molecule has 3 aromatic rings. The monoisotopic (exact) mass is 420 g/mol. The van der Waals surface area contributed by atoms with Crippen molar-refractivity contribution in [2.75, 3.05) is 11.9 Å². The summed E-state index contributed by atoms with van der Waals surface area (Å²) in [5.74, 6) is -0.658. The summed E-state index contributed by atoms with van der Waals surface area (Å²) in [6.45, 7) is 2.74. The van der Waals surface area contributed by atoms with E-state index >= 15 is 0 Å². The first kappa shape index (κ1) is 21.3. The van der Waals surface area contributed by atoms with Gasteiger partial charge in [-0.25, -0.2) is 9.67 Å². The summed E-state index contributed by atoms with van der Waals surface area (Å²) in [5.41, 5.74) is 0.0128. The van der Waals surface area contributed by atoms with Gasteiger partial charge in [0.05, 0.1) is 17.3 Å². The topological polar surface area (TPSA) is 86.1 Å². The Balaban J connectivity index is 1.86. The van der Waals surface area contributed by atoms with E-state index in [2.05, 4.69) is 20.1 Å². The number of amides is 1. The smallest absolute Gasteiger partial charge is 0.422 e. The van der Waals surface area contributed by atoms with Gasteiger partial charge in [0.1, 0.15) is 0 Å². The van der Waals surface area contributed by atoms with Gasteiger partial charge in [0.15, 0.2) is 12.3 Å². The highest BCUT2D eigenvalue weighted by molar-refractivity contribution is 6.11. The van der Waals surface area contributed by atoms with Gasteiger partial charge in [-0.1, -0.05) is 32.0 Å². The van der Waals surface area contributed by atoms with Crippen LogP contribution >= 0.6 is 0 Å². The number of carbonyl (C=O) groups excluding carboxylic acids is 1. The molecule has 1 N–H and O–H groups in total. The van der Waals surface area contributed by atoms with E-state index in [1.165, 1.54) is 23.0 Å². The quantitative estimate of drug-likeness (QED) is 0.658. The highest BCUT2D eigenvalue weighted by Gasteiger charge is 2.28. The van der Waals surface area contributed by atoms with Gasteiger partial charge in [-0.2, -0.15) is 18.3 Å². The van der Waals surface area contributed by atoms with Gasteiger partial charge in [-0.05, 0) is 18.1 Å². The first-order valence-electron chi connectivity index (χ1n) is 9.11. The lowest BCUT2D eigenvalue weighted by Gasteiger charge is -2.13. The van der Waals surface area contributed by atoms with Crippen LogP contribution in [0.15, 0.2) is 47.4 Å². The second-order valence-corrected chi connectivity index (χ2v) is 7.02. The van der Waals surface area contributed by atoms with Crippen molar-refractivity contribution in [1.29, 1.82) is 0 Å². The maximum Gasteiger partial charge on any atom is 0.422 e. The molecule has 0 fully saturated rings. The number of ether oxygens (including phenoxy) is 1. The SMILES string of the molecule is CC(C)Cn1nc(C(=O)Nc2ccc(OCC(F)(F)F)nc2)c2ccccc2c1=O. The number of alkyl halides is 3. The van der Waals surface area contributed by atoms with Crippen molar-refractivity contribution in [3.63, 3.8) is 0 Å². The largest absolute Gasteiger partial charge is 0.468 e. The Kier molecular flexibility index (Phi) is 6.04. The molecule has 2 heterocycles. The molecule has 0 aliphatic rings. The minimum absolute atomic E-state index is 0.0586. The third kappa shape index (κ3) is 5.13. The molecular weight excluding hydrogens is 401 g/mol. The summed E-state index contributed by atoms with van der Waals surface area (Å²) in [7, 11) is 0. The van der Waals surface area contributed by atoms with Crippen LogP contribution in [0.1, 0.15) is 24.3 Å². The van der Waals surface area contributed by atoms with Crippen LogP contribution in [0.5, 0.6) is 5.88 Å². The molecule has 30 heavy (non-hydrogen) atoms. The summed E-state index contributed by atoms with van der Waals surface area (Å²) < 4.78 is 42.4. The lowest BCUT2D eigenvalue weighted by Crippen LogP contribution is -2.29. The summed E-state index contributed by atoms with van der Waals surface area (Å²) in [6.07, 6.45) is -3.30. The van der Waals surface area contributed by atoms with E-state index < -0.39 is 18.7 Å². The molecule has 1 aromatic carbocycles. The van der Waals surface area contributed by atoms with Gasteiger partial charge < -0.3 is 10.1 Å². The summed E-state index contributed by atoms with van der Waals surface area (Å²) in [6, 6.07) is 9.23. The van der Waals surface area contributed by atoms with E-state index in [0.29, 0.717) is 17.3 Å². The minimum Gasteiger partial charge on any atom is -0.468 e. The van der Waals surface area contributed by atoms with Crippen molar-refractivity contribution in [3.05, 3.63) is 58.6 Å². The minimum atomic E-state index is -4.47. The van der Waals surface area contributed by atoms with Gasteiger partial charge in [-0.3, -0.25) is 9.59 Å². The number of aromatic nitrogens is 3. The van der Waals surface area contributed by atoms with E-state index in [-0.39, 0.29) is 28.7 Å². The van der Waals surface area contributed by atoms with Crippen LogP contribution in [-0.2, 0) is 6.54 Å². The zero-order valence-corrected chi connectivity index (χ0v) is 16.2. The van der Waals surface area contributed by atoms with Crippen molar-refractivity contribution in [2.45, 2.75) is 26.6 Å². The number of carbonyl (C=O) groups is 1. The predicted octanol–water partition coefficient (Wildman–Crippen LogP) is 3.64. The highest BCUT2D eigenvalue weighted by atomic mass is 19.4. The van der Waals surface area contributed by atoms with Crippen LogP contribution in [0, 0.1) is 5.92 Å². The van der Waals surface area contributed by atoms with Crippen molar-refractivity contribution in [3.8, 4) is 5.88 Å². The first-order chi connectivity index (χ1) is 14.1. The Morgan fingerprint density at radius 1 is 1.17 bits per heavy atom. The Morgan fingerprint density at radius 3 is 2.47 bits per heavy atom. The van der Waals surface area contributed by atoms with Crippen LogP contribution in [-0.4, -0.2) is 33.5 Å². The number of benzene rings is 1. The number of hydrogen-bond acceptors (Lipinski definition) is 5. The van der Waals surface area contributed by atoms with E-state index in [1.807, 2.05) is 13.8 Å². The first-order valence-corrected chi connectivity index (χ1v) is 9.11. The number of pyridine rings is 1. The average molecular weight is 420 g/mol. The van der Waals surface area contributed by atoms with Gasteiger partial charge in [0.25, 0.3) is 11.5 Å². The number of hydrogen-bond donors (Lipinski definition) is 1. The fourth-order valence-electron chi connectivity index (χ4n) is 2.76. The Labute approximate surface area is 169 Å². The third-order valence-corrected chi connectivity index (χ3v) is 4.00. The highest BCUT2D eigenvalue weighted by Crippen LogP contribution is 2.19. The molecular formula is C20H19F3N4O3. The molecule has 2 aromatic heterocycles. The number of rotatable bonds is 6. The predicted molar refractivity (Wildman–Crippen MR) is 105 cm³/mol. The van der Waals surface area contributed by atoms with Crippen molar-refractivity contribution in [1.82, 2.24) is 14.8 Å². The van der Waals surface area contributed by atoms with Crippen LogP contribution < -0.4 is 15.6 Å². The lowest BCUT2D eigenvalue weighted by molar-refractivity contribution is -0.154. The number of fused-ring (bicyclic) bond motifs is 1. The van der Waals surface area contributed by atoms with E-state index in [0.717, 1.165) is 0 Å². The second kappa shape index (κ2) is 8.52. The van der Waals surface area contributed by atoms with Gasteiger partial charge in [-0.15, -0.1) is 0 Å². The Morgan fingerprint density at radius 2 is 1.87 bits per heavy atom. The normalized spacial score (nSPS) is 11.7. The molecule has 10 heteroatoms. The fourth-order valence-corrected chi connectivity index (χ4v) is 2.76. The zero-order valence-electron chi connectivity index (χ0n) is 16.2. The molecule has 0 radical (unpaired) electrons. The van der Waals surface area contributed by atoms with Crippen LogP contribution in [0.4, 0.5) is 18.9 Å². The molecule has 7 nitrogen and oxygen atoms in total. The van der Waals surface area contributed by atoms with E-state index in [1.54, 1.807) is 24.3 Å². The number of nitrogens with zero attached hydrogens (tertiary/aromatic N) is 3. The molecule has 0 unspecified atom stereocenters. The average Bonchev–Trinajstić information content (AvgIpc) is 2.68. The zero-order chi connectivity index (χ0) is 21.9. The van der Waals surface area contributed by atoms with Crippen LogP contribution in [0.3, 0.4) is 0 Å². The lowest BCUT2D eigenvalue weighted by atomic mass is 10.1. The molecule has 1 amide bonds. The molecule has 0 saturated heterocycles. The Bertz CT molecular complexity index is 1110. The molecule has 0 bridgehead atoms. The second-order valence-electron chi connectivity index (χ2n) is 7.02. The Hall–Kier alpha value is -3.43. The maximum atomic E-state index is 12.8.